The summed E-state index contributed by atoms with van der Waals surface area (Å²) in [4.78, 5) is 43.3. The molecule has 0 unspecified atom stereocenters. The Morgan fingerprint density at radius 1 is 1.14 bits per heavy atom. The first kappa shape index (κ1) is 23.7. The van der Waals surface area contributed by atoms with Crippen LogP contribution >= 0.6 is 11.3 Å². The lowest BCUT2D eigenvalue weighted by Gasteiger charge is -2.27. The predicted octanol–water partition coefficient (Wildman–Crippen LogP) is 4.73. The maximum Gasteiger partial charge on any atom is 0.263 e. The Morgan fingerprint density at radius 2 is 1.91 bits per heavy atom. The van der Waals surface area contributed by atoms with Crippen molar-refractivity contribution in [3.63, 3.8) is 0 Å². The van der Waals surface area contributed by atoms with Gasteiger partial charge in [-0.3, -0.25) is 9.59 Å². The van der Waals surface area contributed by atoms with E-state index in [-0.39, 0.29) is 11.8 Å². The maximum absolute atomic E-state index is 13.1. The Labute approximate surface area is 209 Å². The molecule has 1 saturated carbocycles. The molecule has 0 radical (unpaired) electrons. The fourth-order valence-corrected chi connectivity index (χ4v) is 6.35. The maximum atomic E-state index is 13.1. The van der Waals surface area contributed by atoms with Gasteiger partial charge in [-0.25, -0.2) is 15.0 Å². The molecule has 0 spiro atoms. The fourth-order valence-electron chi connectivity index (χ4n) is 5.13. The van der Waals surface area contributed by atoms with Crippen LogP contribution in [0.1, 0.15) is 71.9 Å². The van der Waals surface area contributed by atoms with Gasteiger partial charge >= 0.3 is 0 Å². The highest BCUT2D eigenvalue weighted by Crippen LogP contribution is 2.43. The van der Waals surface area contributed by atoms with E-state index < -0.39 is 0 Å². The molecule has 1 aliphatic heterocycles. The van der Waals surface area contributed by atoms with Gasteiger partial charge in [-0.2, -0.15) is 0 Å². The summed E-state index contributed by atoms with van der Waals surface area (Å²) in [5, 5.41) is 3.27. The number of carbonyl (C=O) groups excluding carboxylic acids is 2. The third kappa shape index (κ3) is 4.74. The molecule has 0 saturated heterocycles. The summed E-state index contributed by atoms with van der Waals surface area (Å²) in [6.45, 7) is 5.19. The minimum Gasteiger partial charge on any atom is -0.344 e. The topological polar surface area (TPSA) is 91.3 Å². The molecule has 184 valence electrons. The summed E-state index contributed by atoms with van der Waals surface area (Å²) in [6.07, 6.45) is 7.06. The second kappa shape index (κ2) is 9.53. The normalized spacial score (nSPS) is 19.9. The largest absolute Gasteiger partial charge is 0.344 e. The molecule has 0 aromatic carbocycles. The summed E-state index contributed by atoms with van der Waals surface area (Å²) in [6, 6.07) is 3.93. The number of anilines is 2. The first-order chi connectivity index (χ1) is 16.8. The van der Waals surface area contributed by atoms with Crippen LogP contribution < -0.4 is 5.32 Å². The van der Waals surface area contributed by atoms with Crippen LogP contribution in [0.25, 0.3) is 10.2 Å². The van der Waals surface area contributed by atoms with Gasteiger partial charge in [0, 0.05) is 51.8 Å². The molecule has 1 aliphatic carbocycles. The number of pyridine rings is 1. The van der Waals surface area contributed by atoms with Crippen molar-refractivity contribution in [1.82, 2.24) is 24.8 Å². The number of fused-ring (bicyclic) bond motifs is 2. The average Bonchev–Trinajstić information content (AvgIpc) is 3.22. The van der Waals surface area contributed by atoms with Crippen molar-refractivity contribution < 1.29 is 9.59 Å². The van der Waals surface area contributed by atoms with E-state index in [4.69, 9.17) is 9.97 Å². The standard InChI is InChI=1S/C26H32N6O2S/c1-15-5-7-17(8-6-15)22-23-20(35-24(22)25(34)31(3)4)13-27-26(30-23)29-21-10-9-18-14-32(16(2)33)12-11-19(18)28-21/h9-10,13,15,17H,5-8,11-12,14H2,1-4H3,(H,27,28,29,30). The summed E-state index contributed by atoms with van der Waals surface area (Å²) >= 11 is 1.50. The lowest BCUT2D eigenvalue weighted by atomic mass is 9.79. The van der Waals surface area contributed by atoms with Crippen molar-refractivity contribution in [2.45, 2.75) is 58.4 Å². The van der Waals surface area contributed by atoms with E-state index in [9.17, 15) is 9.59 Å². The van der Waals surface area contributed by atoms with Gasteiger partial charge in [-0.15, -0.1) is 11.3 Å². The second-order valence-electron chi connectivity index (χ2n) is 10.0. The van der Waals surface area contributed by atoms with E-state index in [1.165, 1.54) is 24.2 Å². The molecule has 0 bridgehead atoms. The zero-order chi connectivity index (χ0) is 24.7. The predicted molar refractivity (Wildman–Crippen MR) is 138 cm³/mol. The van der Waals surface area contributed by atoms with Crippen molar-refractivity contribution in [1.29, 1.82) is 0 Å². The van der Waals surface area contributed by atoms with Crippen LogP contribution in [0.5, 0.6) is 0 Å². The molecule has 9 heteroatoms. The number of nitrogens with zero attached hydrogens (tertiary/aromatic N) is 5. The van der Waals surface area contributed by atoms with E-state index in [0.717, 1.165) is 57.1 Å². The van der Waals surface area contributed by atoms with Gasteiger partial charge in [0.2, 0.25) is 11.9 Å². The van der Waals surface area contributed by atoms with Crippen LogP contribution in [0.2, 0.25) is 0 Å². The van der Waals surface area contributed by atoms with E-state index in [0.29, 0.717) is 30.8 Å². The van der Waals surface area contributed by atoms with Crippen LogP contribution in [0, 0.1) is 5.92 Å². The van der Waals surface area contributed by atoms with Crippen molar-refractivity contribution >= 4 is 45.1 Å². The minimum absolute atomic E-state index is 0.0343. The average molecular weight is 493 g/mol. The van der Waals surface area contributed by atoms with Crippen LogP contribution in [-0.2, 0) is 17.8 Å². The Balaban J connectivity index is 1.47. The van der Waals surface area contributed by atoms with Crippen molar-refractivity contribution in [2.24, 2.45) is 5.92 Å². The van der Waals surface area contributed by atoms with E-state index in [2.05, 4.69) is 17.2 Å². The smallest absolute Gasteiger partial charge is 0.263 e. The van der Waals surface area contributed by atoms with E-state index >= 15 is 0 Å². The summed E-state index contributed by atoms with van der Waals surface area (Å²) < 4.78 is 0.942. The molecule has 4 heterocycles. The van der Waals surface area contributed by atoms with Gasteiger partial charge in [0.1, 0.15) is 5.82 Å². The van der Waals surface area contributed by atoms with Crippen molar-refractivity contribution in [2.75, 3.05) is 26.0 Å². The summed E-state index contributed by atoms with van der Waals surface area (Å²) in [5.41, 5.74) is 4.04. The number of amides is 2. The number of hydrogen-bond acceptors (Lipinski definition) is 7. The third-order valence-corrected chi connectivity index (χ3v) is 8.34. The van der Waals surface area contributed by atoms with Crippen LogP contribution in [0.3, 0.4) is 0 Å². The SMILES string of the molecule is CC(=O)N1CCc2nc(Nc3ncc4sc(C(=O)N(C)C)c(C5CCC(C)CC5)c4n3)ccc2C1. The molecular weight excluding hydrogens is 460 g/mol. The molecule has 3 aromatic rings. The highest BCUT2D eigenvalue weighted by molar-refractivity contribution is 7.21. The van der Waals surface area contributed by atoms with Gasteiger partial charge in [-0.1, -0.05) is 25.8 Å². The molecule has 3 aromatic heterocycles. The highest BCUT2D eigenvalue weighted by atomic mass is 32.1. The molecule has 35 heavy (non-hydrogen) atoms. The number of carbonyl (C=O) groups is 2. The number of nitrogens with one attached hydrogen (secondary N) is 1. The highest BCUT2D eigenvalue weighted by Gasteiger charge is 2.30. The first-order valence-corrected chi connectivity index (χ1v) is 13.1. The quantitative estimate of drug-likeness (QED) is 0.566. The lowest BCUT2D eigenvalue weighted by Crippen LogP contribution is -2.34. The zero-order valence-electron chi connectivity index (χ0n) is 20.8. The molecule has 1 fully saturated rings. The molecular formula is C26H32N6O2S. The van der Waals surface area contributed by atoms with Crippen molar-refractivity contribution in [3.05, 3.63) is 40.0 Å². The van der Waals surface area contributed by atoms with E-state index in [1.54, 1.807) is 25.9 Å². The van der Waals surface area contributed by atoms with Crippen LogP contribution in [0.15, 0.2) is 18.3 Å². The molecule has 2 aliphatic rings. The van der Waals surface area contributed by atoms with Gasteiger partial charge in [0.15, 0.2) is 0 Å². The van der Waals surface area contributed by atoms with Gasteiger partial charge < -0.3 is 15.1 Å². The van der Waals surface area contributed by atoms with Crippen LogP contribution in [-0.4, -0.2) is 57.2 Å². The fraction of sp³-hybridized carbons (Fsp3) is 0.500. The zero-order valence-corrected chi connectivity index (χ0v) is 21.6. The van der Waals surface area contributed by atoms with Gasteiger partial charge in [0.25, 0.3) is 5.91 Å². The molecule has 1 N–H and O–H groups in total. The van der Waals surface area contributed by atoms with Crippen LogP contribution in [0.4, 0.5) is 11.8 Å². The number of aromatic nitrogens is 3. The summed E-state index contributed by atoms with van der Waals surface area (Å²) in [7, 11) is 3.60. The lowest BCUT2D eigenvalue weighted by molar-refractivity contribution is -0.129. The molecule has 2 amide bonds. The van der Waals surface area contributed by atoms with E-state index in [1.807, 2.05) is 23.2 Å². The number of hydrogen-bond donors (Lipinski definition) is 1. The summed E-state index contributed by atoms with van der Waals surface area (Å²) in [5.74, 6) is 2.37. The Morgan fingerprint density at radius 3 is 2.63 bits per heavy atom. The van der Waals surface area contributed by atoms with Gasteiger partial charge in [-0.05, 0) is 36.3 Å². The first-order valence-electron chi connectivity index (χ1n) is 12.3. The van der Waals surface area contributed by atoms with Crippen molar-refractivity contribution in [3.8, 4) is 0 Å². The molecule has 0 atom stereocenters. The molecule has 5 rings (SSSR count). The minimum atomic E-state index is 0.0343. The van der Waals surface area contributed by atoms with Gasteiger partial charge in [0.05, 0.1) is 21.3 Å². The Hall–Kier alpha value is -3.07. The second-order valence-corrected chi connectivity index (χ2v) is 11.1. The third-order valence-electron chi connectivity index (χ3n) is 7.22. The number of rotatable bonds is 4. The monoisotopic (exact) mass is 492 g/mol. The Bertz CT molecular complexity index is 1280. The number of thiophene rings is 1. The molecule has 8 nitrogen and oxygen atoms in total. The Kier molecular flexibility index (Phi) is 6.44.